The third kappa shape index (κ3) is 3.16. The molecule has 0 saturated carbocycles. The Labute approximate surface area is 119 Å². The van der Waals surface area contributed by atoms with Gasteiger partial charge in [-0.15, -0.1) is 0 Å². The first-order chi connectivity index (χ1) is 9.90. The molecule has 3 nitrogen and oxygen atoms in total. The second kappa shape index (κ2) is 5.87. The van der Waals surface area contributed by atoms with Crippen LogP contribution in [-0.2, 0) is 4.79 Å². The van der Waals surface area contributed by atoms with Gasteiger partial charge in [0.25, 0.3) is 0 Å². The van der Waals surface area contributed by atoms with Gasteiger partial charge in [-0.1, -0.05) is 18.2 Å². The summed E-state index contributed by atoms with van der Waals surface area (Å²) in [6, 6.07) is 6.81. The zero-order valence-electron chi connectivity index (χ0n) is 11.0. The van der Waals surface area contributed by atoms with Gasteiger partial charge >= 0.3 is 5.97 Å². The van der Waals surface area contributed by atoms with Gasteiger partial charge in [0.1, 0.15) is 0 Å². The van der Waals surface area contributed by atoms with Crippen LogP contribution in [0.1, 0.15) is 17.2 Å². The van der Waals surface area contributed by atoms with Crippen molar-refractivity contribution in [2.24, 2.45) is 0 Å². The number of nitrogens with one attached hydrogen (secondary N) is 1. The molecule has 6 heteroatoms. The van der Waals surface area contributed by atoms with Gasteiger partial charge in [-0.3, -0.25) is 0 Å². The molecule has 0 heterocycles. The van der Waals surface area contributed by atoms with Gasteiger partial charge in [-0.05, 0) is 36.2 Å². The van der Waals surface area contributed by atoms with Crippen molar-refractivity contribution in [3.05, 3.63) is 65.0 Å². The van der Waals surface area contributed by atoms with Gasteiger partial charge in [0.2, 0.25) is 0 Å². The van der Waals surface area contributed by atoms with Gasteiger partial charge in [0, 0.05) is 5.69 Å². The first kappa shape index (κ1) is 14.9. The highest BCUT2D eigenvalue weighted by molar-refractivity contribution is 5.79. The first-order valence-corrected chi connectivity index (χ1v) is 6.09. The van der Waals surface area contributed by atoms with E-state index in [1.54, 1.807) is 31.2 Å². The number of aliphatic carboxylic acids is 1. The number of carbonyl (C=O) groups is 1. The summed E-state index contributed by atoms with van der Waals surface area (Å²) < 4.78 is 39.4. The SMILES string of the molecule is Cc1ccccc1NC(C(=O)O)c1cc(F)c(F)c(F)c1. The van der Waals surface area contributed by atoms with Crippen molar-refractivity contribution in [2.75, 3.05) is 5.32 Å². The number of rotatable bonds is 4. The standard InChI is InChI=1S/C15H12F3NO2/c1-8-4-2-3-5-12(8)19-14(15(20)21)9-6-10(16)13(18)11(17)7-9/h2-7,14,19H,1H3,(H,20,21). The van der Waals surface area contributed by atoms with E-state index in [9.17, 15) is 23.1 Å². The third-order valence-corrected chi connectivity index (χ3v) is 3.03. The Bertz CT molecular complexity index is 665. The molecule has 2 rings (SSSR count). The lowest BCUT2D eigenvalue weighted by atomic mass is 10.0. The van der Waals surface area contributed by atoms with Crippen LogP contribution in [0, 0.1) is 24.4 Å². The summed E-state index contributed by atoms with van der Waals surface area (Å²) in [4.78, 5) is 11.3. The maximum Gasteiger partial charge on any atom is 0.330 e. The van der Waals surface area contributed by atoms with Crippen LogP contribution in [-0.4, -0.2) is 11.1 Å². The fourth-order valence-corrected chi connectivity index (χ4v) is 1.92. The van der Waals surface area contributed by atoms with Crippen LogP contribution in [0.3, 0.4) is 0 Å². The van der Waals surface area contributed by atoms with Crippen molar-refractivity contribution in [1.29, 1.82) is 0 Å². The number of carboxylic acids is 1. The monoisotopic (exact) mass is 295 g/mol. The van der Waals surface area contributed by atoms with E-state index < -0.39 is 29.5 Å². The van der Waals surface area contributed by atoms with Gasteiger partial charge in [0.15, 0.2) is 23.5 Å². The van der Waals surface area contributed by atoms with Crippen molar-refractivity contribution in [3.8, 4) is 0 Å². The van der Waals surface area contributed by atoms with Crippen LogP contribution in [0.25, 0.3) is 0 Å². The summed E-state index contributed by atoms with van der Waals surface area (Å²) in [7, 11) is 0. The van der Waals surface area contributed by atoms with Crippen LogP contribution in [0.5, 0.6) is 0 Å². The molecule has 0 aliphatic rings. The maximum absolute atomic E-state index is 13.2. The lowest BCUT2D eigenvalue weighted by Crippen LogP contribution is -2.21. The fraction of sp³-hybridized carbons (Fsp3) is 0.133. The van der Waals surface area contributed by atoms with E-state index in [0.717, 1.165) is 5.56 Å². The number of para-hydroxylation sites is 1. The van der Waals surface area contributed by atoms with Gasteiger partial charge in [-0.25, -0.2) is 18.0 Å². The summed E-state index contributed by atoms with van der Waals surface area (Å²) in [6.45, 7) is 1.76. The Hall–Kier alpha value is -2.50. The molecule has 0 aliphatic heterocycles. The lowest BCUT2D eigenvalue weighted by Gasteiger charge is -2.18. The van der Waals surface area contributed by atoms with E-state index in [0.29, 0.717) is 17.8 Å². The number of hydrogen-bond donors (Lipinski definition) is 2. The zero-order chi connectivity index (χ0) is 15.6. The highest BCUT2D eigenvalue weighted by Gasteiger charge is 2.23. The molecule has 2 N–H and O–H groups in total. The lowest BCUT2D eigenvalue weighted by molar-refractivity contribution is -0.138. The molecule has 0 spiro atoms. The maximum atomic E-state index is 13.2. The molecular weight excluding hydrogens is 283 g/mol. The summed E-state index contributed by atoms with van der Waals surface area (Å²) in [6.07, 6.45) is 0. The van der Waals surface area contributed by atoms with Crippen LogP contribution in [0.4, 0.5) is 18.9 Å². The second-order valence-electron chi connectivity index (χ2n) is 4.53. The van der Waals surface area contributed by atoms with Crippen LogP contribution in [0.15, 0.2) is 36.4 Å². The molecule has 1 unspecified atom stereocenters. The minimum atomic E-state index is -1.63. The van der Waals surface area contributed by atoms with E-state index >= 15 is 0 Å². The molecule has 0 saturated heterocycles. The van der Waals surface area contributed by atoms with Crippen LogP contribution in [0.2, 0.25) is 0 Å². The van der Waals surface area contributed by atoms with Crippen LogP contribution >= 0.6 is 0 Å². The quantitative estimate of drug-likeness (QED) is 0.846. The average molecular weight is 295 g/mol. The summed E-state index contributed by atoms with van der Waals surface area (Å²) in [5, 5.41) is 11.9. The molecule has 21 heavy (non-hydrogen) atoms. The topological polar surface area (TPSA) is 49.3 Å². The molecule has 1 atom stereocenters. The predicted octanol–water partition coefficient (Wildman–Crippen LogP) is 3.65. The number of anilines is 1. The van der Waals surface area contributed by atoms with Crippen LogP contribution < -0.4 is 5.32 Å². The van der Waals surface area contributed by atoms with E-state index in [-0.39, 0.29) is 5.56 Å². The van der Waals surface area contributed by atoms with Gasteiger partial charge in [-0.2, -0.15) is 0 Å². The molecule has 0 aromatic heterocycles. The van der Waals surface area contributed by atoms with Gasteiger partial charge < -0.3 is 10.4 Å². The molecule has 2 aromatic rings. The van der Waals surface area contributed by atoms with E-state index in [2.05, 4.69) is 5.32 Å². The minimum absolute atomic E-state index is 0.206. The fourth-order valence-electron chi connectivity index (χ4n) is 1.92. The molecule has 0 fully saturated rings. The molecule has 0 radical (unpaired) electrons. The normalized spacial score (nSPS) is 12.0. The molecule has 110 valence electrons. The number of benzene rings is 2. The van der Waals surface area contributed by atoms with Crippen molar-refractivity contribution in [2.45, 2.75) is 13.0 Å². The largest absolute Gasteiger partial charge is 0.479 e. The summed E-state index contributed by atoms with van der Waals surface area (Å²) >= 11 is 0. The van der Waals surface area contributed by atoms with Crippen molar-refractivity contribution in [3.63, 3.8) is 0 Å². The molecule has 0 bridgehead atoms. The molecular formula is C15H12F3NO2. The second-order valence-corrected chi connectivity index (χ2v) is 4.53. The summed E-state index contributed by atoms with van der Waals surface area (Å²) in [5.41, 5.74) is 1.07. The van der Waals surface area contributed by atoms with Crippen molar-refractivity contribution >= 4 is 11.7 Å². The Kier molecular flexibility index (Phi) is 4.16. The number of halogens is 3. The Morgan fingerprint density at radius 2 is 1.71 bits per heavy atom. The summed E-state index contributed by atoms with van der Waals surface area (Å²) in [5.74, 6) is -5.81. The van der Waals surface area contributed by atoms with Gasteiger partial charge in [0.05, 0.1) is 0 Å². The zero-order valence-corrected chi connectivity index (χ0v) is 11.0. The average Bonchev–Trinajstić information content (AvgIpc) is 2.43. The highest BCUT2D eigenvalue weighted by Crippen LogP contribution is 2.25. The molecule has 2 aromatic carbocycles. The number of aryl methyl sites for hydroxylation is 1. The molecule has 0 amide bonds. The third-order valence-electron chi connectivity index (χ3n) is 3.03. The Morgan fingerprint density at radius 1 is 1.14 bits per heavy atom. The molecule has 0 aliphatic carbocycles. The van der Waals surface area contributed by atoms with Crippen molar-refractivity contribution < 1.29 is 23.1 Å². The van der Waals surface area contributed by atoms with Crippen molar-refractivity contribution in [1.82, 2.24) is 0 Å². The Morgan fingerprint density at radius 3 is 2.24 bits per heavy atom. The van der Waals surface area contributed by atoms with E-state index in [1.807, 2.05) is 0 Å². The highest BCUT2D eigenvalue weighted by atomic mass is 19.2. The predicted molar refractivity (Wildman–Crippen MR) is 71.5 cm³/mol. The van der Waals surface area contributed by atoms with E-state index in [4.69, 9.17) is 0 Å². The minimum Gasteiger partial charge on any atom is -0.479 e. The van der Waals surface area contributed by atoms with E-state index in [1.165, 1.54) is 0 Å². The number of hydrogen-bond acceptors (Lipinski definition) is 2. The number of carboxylic acid groups (broad SMARTS) is 1. The first-order valence-electron chi connectivity index (χ1n) is 6.09. The Balaban J connectivity index is 2.41. The smallest absolute Gasteiger partial charge is 0.330 e.